The van der Waals surface area contributed by atoms with E-state index in [-0.39, 0.29) is 12.5 Å². The van der Waals surface area contributed by atoms with Crippen molar-refractivity contribution in [2.45, 2.75) is 275 Å². The van der Waals surface area contributed by atoms with Crippen LogP contribution in [0.15, 0.2) is 12.2 Å². The molecule has 1 fully saturated rings. The Morgan fingerprint density at radius 2 is 0.965 bits per heavy atom. The lowest BCUT2D eigenvalue weighted by molar-refractivity contribution is -0.302. The average Bonchev–Trinajstić information content (AvgIpc) is 3.21. The van der Waals surface area contributed by atoms with Gasteiger partial charge in [-0.2, -0.15) is 0 Å². The number of ether oxygens (including phenoxy) is 2. The molecule has 0 aromatic carbocycles. The summed E-state index contributed by atoms with van der Waals surface area (Å²) in [5, 5.41) is 54.2. The minimum atomic E-state index is -1.56. The van der Waals surface area contributed by atoms with Gasteiger partial charge in [0.15, 0.2) is 6.29 Å². The molecule has 338 valence electrons. The number of aliphatic hydroxyl groups is 5. The minimum Gasteiger partial charge on any atom is -0.394 e. The van der Waals surface area contributed by atoms with Gasteiger partial charge in [-0.25, -0.2) is 0 Å². The van der Waals surface area contributed by atoms with Gasteiger partial charge in [0.25, 0.3) is 0 Å². The van der Waals surface area contributed by atoms with Gasteiger partial charge >= 0.3 is 0 Å². The second kappa shape index (κ2) is 39.1. The summed E-state index contributed by atoms with van der Waals surface area (Å²) in [7, 11) is 0. The smallest absolute Gasteiger partial charge is 0.220 e. The van der Waals surface area contributed by atoms with E-state index in [9.17, 15) is 30.3 Å². The monoisotopic (exact) mass is 812 g/mol. The van der Waals surface area contributed by atoms with Gasteiger partial charge in [-0.15, -0.1) is 0 Å². The topological polar surface area (TPSA) is 149 Å². The summed E-state index contributed by atoms with van der Waals surface area (Å²) in [5.74, 6) is -0.173. The number of hydrogen-bond donors (Lipinski definition) is 6. The highest BCUT2D eigenvalue weighted by atomic mass is 16.7. The van der Waals surface area contributed by atoms with E-state index in [0.717, 1.165) is 38.5 Å². The molecule has 9 nitrogen and oxygen atoms in total. The molecule has 1 aliphatic heterocycles. The molecule has 9 heteroatoms. The van der Waals surface area contributed by atoms with Crippen molar-refractivity contribution in [3.8, 4) is 0 Å². The van der Waals surface area contributed by atoms with Gasteiger partial charge in [-0.05, 0) is 19.3 Å². The Kier molecular flexibility index (Phi) is 37.0. The Morgan fingerprint density at radius 1 is 0.579 bits per heavy atom. The molecular formula is C48H93NO8. The van der Waals surface area contributed by atoms with Gasteiger partial charge in [-0.1, -0.05) is 219 Å². The second-order valence-corrected chi connectivity index (χ2v) is 17.3. The quantitative estimate of drug-likeness (QED) is 0.0264. The van der Waals surface area contributed by atoms with Crippen LogP contribution in [0.25, 0.3) is 0 Å². The molecule has 0 aliphatic carbocycles. The summed E-state index contributed by atoms with van der Waals surface area (Å²) < 4.78 is 11.2. The summed E-state index contributed by atoms with van der Waals surface area (Å²) in [6.07, 6.45) is 38.3. The van der Waals surface area contributed by atoms with Crippen LogP contribution in [0.2, 0.25) is 0 Å². The third kappa shape index (κ3) is 29.7. The van der Waals surface area contributed by atoms with Crippen LogP contribution in [0.1, 0.15) is 232 Å². The third-order valence-corrected chi connectivity index (χ3v) is 11.9. The van der Waals surface area contributed by atoms with E-state index < -0.39 is 49.5 Å². The molecule has 0 saturated carbocycles. The van der Waals surface area contributed by atoms with E-state index in [1.165, 1.54) is 173 Å². The number of hydrogen-bond acceptors (Lipinski definition) is 8. The Balaban J connectivity index is 2.27. The number of carbonyl (C=O) groups excluding carboxylic acids is 1. The predicted molar refractivity (Wildman–Crippen MR) is 235 cm³/mol. The number of amides is 1. The zero-order chi connectivity index (χ0) is 41.6. The van der Waals surface area contributed by atoms with Gasteiger partial charge < -0.3 is 40.3 Å². The van der Waals surface area contributed by atoms with Crippen LogP contribution in [0, 0.1) is 0 Å². The normalized spacial score (nSPS) is 21.0. The van der Waals surface area contributed by atoms with Crippen LogP contribution in [0.4, 0.5) is 0 Å². The Labute approximate surface area is 350 Å². The molecule has 0 spiro atoms. The maximum absolute atomic E-state index is 13.0. The minimum absolute atomic E-state index is 0.173. The second-order valence-electron chi connectivity index (χ2n) is 17.3. The highest BCUT2D eigenvalue weighted by Gasteiger charge is 2.44. The SMILES string of the molecule is CCCCCCCCCCCCC/C=C/[C@@H](O)[C@H](CO[C@@H]1O[C@H](CO)C(O)[C@H](O)[C@H]1O)NC(=O)CCCCCCCCCCCCCCCCCCCCCCC. The van der Waals surface area contributed by atoms with Crippen molar-refractivity contribution in [2.24, 2.45) is 0 Å². The van der Waals surface area contributed by atoms with Gasteiger partial charge in [0.05, 0.1) is 25.4 Å². The summed E-state index contributed by atoms with van der Waals surface area (Å²) in [6.45, 7) is 3.79. The van der Waals surface area contributed by atoms with Crippen LogP contribution in [-0.2, 0) is 14.3 Å². The molecule has 7 atom stereocenters. The molecular weight excluding hydrogens is 719 g/mol. The largest absolute Gasteiger partial charge is 0.394 e. The van der Waals surface area contributed by atoms with Gasteiger partial charge in [0, 0.05) is 6.42 Å². The molecule has 1 saturated heterocycles. The van der Waals surface area contributed by atoms with E-state index in [1.54, 1.807) is 6.08 Å². The lowest BCUT2D eigenvalue weighted by atomic mass is 9.99. The highest BCUT2D eigenvalue weighted by molar-refractivity contribution is 5.76. The molecule has 1 unspecified atom stereocenters. The summed E-state index contributed by atoms with van der Waals surface area (Å²) >= 11 is 0. The van der Waals surface area contributed by atoms with E-state index in [1.807, 2.05) is 6.08 Å². The number of unbranched alkanes of at least 4 members (excludes halogenated alkanes) is 31. The average molecular weight is 812 g/mol. The van der Waals surface area contributed by atoms with Crippen molar-refractivity contribution in [1.82, 2.24) is 5.32 Å². The van der Waals surface area contributed by atoms with Crippen molar-refractivity contribution in [1.29, 1.82) is 0 Å². The maximum Gasteiger partial charge on any atom is 0.220 e. The molecule has 6 N–H and O–H groups in total. The zero-order valence-electron chi connectivity index (χ0n) is 37.1. The van der Waals surface area contributed by atoms with Gasteiger partial charge in [0.1, 0.15) is 24.4 Å². The first-order chi connectivity index (χ1) is 27.8. The van der Waals surface area contributed by atoms with Crippen molar-refractivity contribution >= 4 is 5.91 Å². The van der Waals surface area contributed by atoms with E-state index >= 15 is 0 Å². The Bertz CT molecular complexity index is 904. The number of carbonyl (C=O) groups is 1. The van der Waals surface area contributed by atoms with Crippen LogP contribution in [-0.4, -0.2) is 87.5 Å². The lowest BCUT2D eigenvalue weighted by Gasteiger charge is -2.40. The van der Waals surface area contributed by atoms with Crippen molar-refractivity contribution in [3.05, 3.63) is 12.2 Å². The van der Waals surface area contributed by atoms with Crippen molar-refractivity contribution in [2.75, 3.05) is 13.2 Å². The molecule has 57 heavy (non-hydrogen) atoms. The number of allylic oxidation sites excluding steroid dienone is 1. The summed E-state index contributed by atoms with van der Waals surface area (Å²) in [6, 6.07) is -0.798. The fourth-order valence-corrected chi connectivity index (χ4v) is 7.92. The van der Waals surface area contributed by atoms with Crippen LogP contribution in [0.5, 0.6) is 0 Å². The number of nitrogens with one attached hydrogen (secondary N) is 1. The van der Waals surface area contributed by atoms with Crippen LogP contribution < -0.4 is 5.32 Å². The first kappa shape index (κ1) is 53.9. The number of rotatable bonds is 41. The molecule has 0 aromatic rings. The maximum atomic E-state index is 13.0. The van der Waals surface area contributed by atoms with E-state index in [4.69, 9.17) is 9.47 Å². The first-order valence-corrected chi connectivity index (χ1v) is 24.4. The molecule has 0 radical (unpaired) electrons. The molecule has 1 amide bonds. The first-order valence-electron chi connectivity index (χ1n) is 24.4. The highest BCUT2D eigenvalue weighted by Crippen LogP contribution is 2.23. The van der Waals surface area contributed by atoms with Crippen molar-refractivity contribution < 1.29 is 39.8 Å². The fraction of sp³-hybridized carbons (Fsp3) is 0.938. The molecule has 0 bridgehead atoms. The van der Waals surface area contributed by atoms with E-state index in [0.29, 0.717) is 6.42 Å². The lowest BCUT2D eigenvalue weighted by Crippen LogP contribution is -2.60. The van der Waals surface area contributed by atoms with Crippen LogP contribution >= 0.6 is 0 Å². The Hall–Kier alpha value is -1.07. The van der Waals surface area contributed by atoms with Crippen LogP contribution in [0.3, 0.4) is 0 Å². The molecule has 1 heterocycles. The number of aliphatic hydroxyl groups excluding tert-OH is 5. The fourth-order valence-electron chi connectivity index (χ4n) is 7.92. The predicted octanol–water partition coefficient (Wildman–Crippen LogP) is 10.5. The molecule has 1 aliphatic rings. The Morgan fingerprint density at radius 3 is 1.37 bits per heavy atom. The van der Waals surface area contributed by atoms with Crippen molar-refractivity contribution in [3.63, 3.8) is 0 Å². The summed E-state index contributed by atoms with van der Waals surface area (Å²) in [4.78, 5) is 13.0. The standard InChI is InChI=1S/C48H93NO8/c1-3-5-7-9-11-13-15-17-18-19-20-21-22-23-24-26-28-30-32-34-36-38-44(52)49-41(40-56-48-47(55)46(54)45(53)43(39-50)57-48)42(51)37-35-33-31-29-27-25-16-14-12-10-8-6-4-2/h35,37,41-43,45-48,50-51,53-55H,3-34,36,38-40H2,1-2H3,(H,49,52)/b37-35+/t41-,42+,43+,45?,46-,47+,48+/m0/s1. The summed E-state index contributed by atoms with van der Waals surface area (Å²) in [5.41, 5.74) is 0. The third-order valence-electron chi connectivity index (χ3n) is 11.9. The zero-order valence-corrected chi connectivity index (χ0v) is 37.1. The molecule has 0 aromatic heterocycles. The van der Waals surface area contributed by atoms with Gasteiger partial charge in [-0.3, -0.25) is 4.79 Å². The van der Waals surface area contributed by atoms with E-state index in [2.05, 4.69) is 19.2 Å². The van der Waals surface area contributed by atoms with Gasteiger partial charge in [0.2, 0.25) is 5.91 Å². The molecule has 1 rings (SSSR count).